The van der Waals surface area contributed by atoms with Crippen LogP contribution in [-0.2, 0) is 26.9 Å². The van der Waals surface area contributed by atoms with Gasteiger partial charge in [-0.2, -0.15) is 0 Å². The first kappa shape index (κ1) is 36.0. The van der Waals surface area contributed by atoms with E-state index < -0.39 is 15.1 Å². The minimum Gasteiger partial charge on any atom is 0.316 e. The van der Waals surface area contributed by atoms with Gasteiger partial charge in [0.1, 0.15) is 0 Å². The van der Waals surface area contributed by atoms with Crippen molar-refractivity contribution in [3.05, 3.63) is 0 Å². The molecule has 0 aromatic carbocycles. The third kappa shape index (κ3) is 243. The molecule has 6 N–H and O–H groups in total. The smallest absolute Gasteiger partial charge is 0.316 e. The van der Waals surface area contributed by atoms with Crippen LogP contribution >= 0.6 is 7.82 Å². The number of phosphoric acid groups is 1. The summed E-state index contributed by atoms with van der Waals surface area (Å²) in [5, 5.41) is 21.5. The summed E-state index contributed by atoms with van der Waals surface area (Å²) < 4.78 is 8.88. The van der Waals surface area contributed by atoms with Crippen LogP contribution in [0.5, 0.6) is 0 Å². The molecule has 1 radical (unpaired) electrons. The van der Waals surface area contributed by atoms with Crippen molar-refractivity contribution in [1.29, 1.82) is 0 Å². The zero-order valence-corrected chi connectivity index (χ0v) is 6.79. The number of rotatable bonds is 0. The predicted molar refractivity (Wildman–Crippen MR) is 53.7 cm³/mol. The monoisotopic (exact) mass is 365 g/mol. The molecule has 0 unspecified atom stereocenters. The Kier molecular flexibility index (Phi) is 57.3. The fraction of sp³-hybridized carbons (Fsp3) is 0. The minimum atomic E-state index is -4.64. The van der Waals surface area contributed by atoms with Crippen molar-refractivity contribution in [3.8, 4) is 0 Å². The van der Waals surface area contributed by atoms with E-state index in [9.17, 15) is 0 Å². The molecule has 0 heterocycles. The van der Waals surface area contributed by atoms with Gasteiger partial charge in [0, 0.05) is 22.4 Å². The molecule has 0 saturated carbocycles. The van der Waals surface area contributed by atoms with Gasteiger partial charge in [-0.05, 0) is 0 Å². The average molecular weight is 366 g/mol. The van der Waals surface area contributed by atoms with Gasteiger partial charge in [0.2, 0.25) is 0 Å². The Bertz CT molecular complexity index is 99.6. The zero-order valence-electron chi connectivity index (χ0n) is 4.42. The molecular weight excluding hydrogens is 353 g/mol. The molecule has 0 fully saturated rings. The van der Waals surface area contributed by atoms with E-state index in [1.165, 1.54) is 0 Å². The Labute approximate surface area is 148 Å². The standard InChI is InChI=1S/Ag.Al.BH3O3.Ca.Mg.H3O4P.7H/c;;2-1(3)4;;;1-5(2,3)4;;;;;;;/h;;2-4H;;;(H3,1,2,3,4);;;;;;;. The molecule has 0 aliphatic rings. The van der Waals surface area contributed by atoms with Crippen LogP contribution in [0.4, 0.5) is 0 Å². The molecule has 0 aromatic rings. The molecule has 13 heavy (non-hydrogen) atoms. The normalized spacial score (nSPS) is 6.62. The molecule has 0 amide bonds. The van der Waals surface area contributed by atoms with Crippen molar-refractivity contribution in [1.82, 2.24) is 0 Å². The van der Waals surface area contributed by atoms with E-state index >= 15 is 0 Å². The second kappa shape index (κ2) is 20.7. The first-order valence-corrected chi connectivity index (χ1v) is 3.12. The largest absolute Gasteiger partial charge is 0.316 e. The topological polar surface area (TPSA) is 138 Å². The molecule has 0 aliphatic heterocycles. The number of hydrogen-bond donors (Lipinski definition) is 6. The minimum absolute atomic E-state index is 0. The summed E-state index contributed by atoms with van der Waals surface area (Å²) >= 11 is 0. The number of hydrogen-bond acceptors (Lipinski definition) is 4. The third-order valence-electron chi connectivity index (χ3n) is 0. The maximum absolute atomic E-state index is 8.88. The maximum atomic E-state index is 8.88. The molecule has 0 atom stereocenters. The fourth-order valence-corrected chi connectivity index (χ4v) is 0. The molecule has 0 spiro atoms. The Morgan fingerprint density at radius 3 is 1.00 bits per heavy atom. The molecule has 7 nitrogen and oxygen atoms in total. The molecule has 0 aromatic heterocycles. The van der Waals surface area contributed by atoms with Gasteiger partial charge in [0.05, 0.1) is 0 Å². The average Bonchev–Trinajstić information content (AvgIpc) is 1.19. The molecule has 0 aliphatic carbocycles. The van der Waals surface area contributed by atoms with Crippen molar-refractivity contribution in [3.63, 3.8) is 0 Å². The van der Waals surface area contributed by atoms with E-state index in [1.807, 2.05) is 0 Å². The molecule has 81 valence electrons. The first-order chi connectivity index (χ1) is 3.73. The summed E-state index contributed by atoms with van der Waals surface area (Å²) in [4.78, 5) is 21.6. The molecular formula is H13AgAlBCaMgO7P. The van der Waals surface area contributed by atoms with E-state index in [1.54, 1.807) is 0 Å². The van der Waals surface area contributed by atoms with Crippen molar-refractivity contribution in [2.75, 3.05) is 0 Å². The van der Waals surface area contributed by atoms with Gasteiger partial charge in [-0.15, -0.1) is 0 Å². The van der Waals surface area contributed by atoms with Gasteiger partial charge in [-0.1, -0.05) is 0 Å². The summed E-state index contributed by atoms with van der Waals surface area (Å²) in [5.74, 6) is 0. The molecule has 0 rings (SSSR count). The second-order valence-corrected chi connectivity index (χ2v) is 1.89. The van der Waals surface area contributed by atoms with Gasteiger partial charge >= 0.3 is 75.9 Å². The van der Waals surface area contributed by atoms with Gasteiger partial charge in [0.25, 0.3) is 0 Å². The van der Waals surface area contributed by atoms with Gasteiger partial charge < -0.3 is 29.8 Å². The molecule has 13 heteroatoms. The van der Waals surface area contributed by atoms with Crippen LogP contribution in [0.2, 0.25) is 0 Å². The Balaban J connectivity index is -0.0000000146. The van der Waals surface area contributed by atoms with Crippen molar-refractivity contribution in [2.45, 2.75) is 0 Å². The zero-order chi connectivity index (χ0) is 8.08. The van der Waals surface area contributed by atoms with Crippen molar-refractivity contribution >= 4 is 93.3 Å². The van der Waals surface area contributed by atoms with E-state index in [2.05, 4.69) is 0 Å². The van der Waals surface area contributed by atoms with Crippen LogP contribution < -0.4 is 0 Å². The Morgan fingerprint density at radius 1 is 1.00 bits per heavy atom. The van der Waals surface area contributed by atoms with Crippen LogP contribution in [-0.4, -0.2) is 115 Å². The van der Waals surface area contributed by atoms with E-state index in [4.69, 9.17) is 34.3 Å². The summed E-state index contributed by atoms with van der Waals surface area (Å²) in [6, 6.07) is 0. The summed E-state index contributed by atoms with van der Waals surface area (Å²) in [5.41, 5.74) is 0. The first-order valence-electron chi connectivity index (χ1n) is 1.56. The van der Waals surface area contributed by atoms with Crippen molar-refractivity contribution in [2.24, 2.45) is 0 Å². The second-order valence-electron chi connectivity index (χ2n) is 0.860. The maximum Gasteiger partial charge on any atom is 0.316 e. The van der Waals surface area contributed by atoms with Crippen LogP contribution in [0.25, 0.3) is 0 Å². The van der Waals surface area contributed by atoms with E-state index in [0.29, 0.717) is 0 Å². The van der Waals surface area contributed by atoms with E-state index in [-0.39, 0.29) is 101 Å². The molecule has 0 saturated heterocycles. The summed E-state index contributed by atoms with van der Waals surface area (Å²) in [6.45, 7) is 0. The van der Waals surface area contributed by atoms with E-state index in [0.717, 1.165) is 0 Å². The van der Waals surface area contributed by atoms with Crippen molar-refractivity contribution < 1.29 is 56.7 Å². The van der Waals surface area contributed by atoms with Crippen LogP contribution in [0.1, 0.15) is 0 Å². The predicted octanol–water partition coefficient (Wildman–Crippen LogP) is -6.00. The summed E-state index contributed by atoms with van der Waals surface area (Å²) in [6.07, 6.45) is 0. The fourth-order valence-electron chi connectivity index (χ4n) is 0. The van der Waals surface area contributed by atoms with Gasteiger partial charge in [-0.3, -0.25) is 0 Å². The quantitative estimate of drug-likeness (QED) is 0.185. The summed E-state index contributed by atoms with van der Waals surface area (Å²) in [7, 11) is -6.81. The van der Waals surface area contributed by atoms with Gasteiger partial charge in [0.15, 0.2) is 17.4 Å². The van der Waals surface area contributed by atoms with Crippen LogP contribution in [0.15, 0.2) is 0 Å². The third-order valence-corrected chi connectivity index (χ3v) is 0. The van der Waals surface area contributed by atoms with Crippen LogP contribution in [0.3, 0.4) is 0 Å². The molecule has 0 bridgehead atoms. The van der Waals surface area contributed by atoms with Gasteiger partial charge in [-0.25, -0.2) is 4.57 Å². The Morgan fingerprint density at radius 2 is 1.00 bits per heavy atom. The Hall–Kier alpha value is 3.35. The SMILES string of the molecule is O=P(O)(O)O.OB(O)O.[Ag].[AlH3].[CaH2].[MgH2]. The van der Waals surface area contributed by atoms with Crippen LogP contribution in [0, 0.1) is 0 Å².